The molecule has 0 unspecified atom stereocenters. The van der Waals surface area contributed by atoms with Gasteiger partial charge < -0.3 is 26.0 Å². The fraction of sp³-hybridized carbons (Fsp3) is 0.200. The lowest BCUT2D eigenvalue weighted by Crippen LogP contribution is -2.42. The van der Waals surface area contributed by atoms with E-state index in [1.807, 2.05) is 0 Å². The Labute approximate surface area is 222 Å². The van der Waals surface area contributed by atoms with Crippen molar-refractivity contribution in [1.29, 1.82) is 5.41 Å². The van der Waals surface area contributed by atoms with E-state index < -0.39 is 35.1 Å². The first-order valence-electron chi connectivity index (χ1n) is 10.6. The molecule has 1 aromatic heterocycles. The number of amides is 1. The summed E-state index contributed by atoms with van der Waals surface area (Å²) in [6, 6.07) is 10.9. The number of hydrogen-bond acceptors (Lipinski definition) is 7. The van der Waals surface area contributed by atoms with Crippen molar-refractivity contribution >= 4 is 47.4 Å². The number of aromatic hydroxyl groups is 1. The molecule has 196 valence electrons. The number of carbonyl (C=O) groups is 3. The van der Waals surface area contributed by atoms with Crippen LogP contribution < -0.4 is 15.8 Å². The minimum absolute atomic E-state index is 0. The van der Waals surface area contributed by atoms with Crippen LogP contribution in [-0.2, 0) is 16.0 Å². The second-order valence-electron chi connectivity index (χ2n) is 8.61. The number of nitrogen functional groups attached to an aromatic ring is 1. The molecule has 0 aliphatic carbocycles. The van der Waals surface area contributed by atoms with Gasteiger partial charge in [-0.1, -0.05) is 26.0 Å². The van der Waals surface area contributed by atoms with Crippen LogP contribution in [0.15, 0.2) is 54.6 Å². The number of carboxylic acids is 1. The number of ether oxygens (including phenoxy) is 1. The molecule has 0 fully saturated rings. The Balaban J connectivity index is 0.00000481. The molecule has 3 rings (SSSR count). The highest BCUT2D eigenvalue weighted by atomic mass is 35.5. The highest BCUT2D eigenvalue weighted by Crippen LogP contribution is 2.29. The molecule has 1 heterocycles. The molecule has 1 atom stereocenters. The van der Waals surface area contributed by atoms with Gasteiger partial charge in [-0.2, -0.15) is 0 Å². The molecule has 0 spiro atoms. The van der Waals surface area contributed by atoms with Crippen LogP contribution >= 0.6 is 23.7 Å². The first kappa shape index (κ1) is 29.3. The molecule has 6 N–H and O–H groups in total. The van der Waals surface area contributed by atoms with Crippen molar-refractivity contribution in [2.45, 2.75) is 26.3 Å². The van der Waals surface area contributed by atoms with E-state index in [9.17, 15) is 29.0 Å². The standard InChI is InChI=1S/C25H24FN3O6S.ClH/c1-25(2,24(34)29-20(22(31)32)13-3-6-15(30)7-4-13)12-16-8-10-19(36-16)23(33)35-18-9-5-14(21(27)28)11-17(18)26;/h3-11,20,30H,12H2,1-2H3,(H3,27,28)(H,29,34)(H,31,32);1H/t20-;/m0./s1. The number of esters is 1. The van der Waals surface area contributed by atoms with Gasteiger partial charge in [0.05, 0.1) is 0 Å². The summed E-state index contributed by atoms with van der Waals surface area (Å²) < 4.78 is 19.3. The molecule has 0 saturated carbocycles. The van der Waals surface area contributed by atoms with Crippen molar-refractivity contribution in [2.75, 3.05) is 0 Å². The molecule has 0 aliphatic heterocycles. The molecule has 0 radical (unpaired) electrons. The minimum atomic E-state index is -1.31. The van der Waals surface area contributed by atoms with Gasteiger partial charge in [0.15, 0.2) is 17.6 Å². The zero-order valence-corrected chi connectivity index (χ0v) is 21.4. The van der Waals surface area contributed by atoms with Crippen molar-refractivity contribution in [2.24, 2.45) is 11.1 Å². The van der Waals surface area contributed by atoms with E-state index in [1.165, 1.54) is 42.5 Å². The van der Waals surface area contributed by atoms with Gasteiger partial charge in [0, 0.05) is 15.9 Å². The number of carbonyl (C=O) groups excluding carboxylic acids is 2. The lowest BCUT2D eigenvalue weighted by atomic mass is 9.87. The molecule has 12 heteroatoms. The number of benzene rings is 2. The van der Waals surface area contributed by atoms with E-state index in [-0.39, 0.29) is 46.6 Å². The summed E-state index contributed by atoms with van der Waals surface area (Å²) in [5, 5.41) is 28.9. The van der Waals surface area contributed by atoms with Gasteiger partial charge in [-0.3, -0.25) is 10.2 Å². The van der Waals surface area contributed by atoms with E-state index in [0.29, 0.717) is 10.4 Å². The van der Waals surface area contributed by atoms with Crippen molar-refractivity contribution in [3.05, 3.63) is 81.3 Å². The third-order valence-electron chi connectivity index (χ3n) is 5.29. The summed E-state index contributed by atoms with van der Waals surface area (Å²) in [6.45, 7) is 3.28. The van der Waals surface area contributed by atoms with Gasteiger partial charge in [-0.15, -0.1) is 23.7 Å². The van der Waals surface area contributed by atoms with Crippen molar-refractivity contribution in [3.8, 4) is 11.5 Å². The van der Waals surface area contributed by atoms with Gasteiger partial charge >= 0.3 is 11.9 Å². The molecular weight excluding hydrogens is 525 g/mol. The van der Waals surface area contributed by atoms with E-state index in [2.05, 4.69) is 5.32 Å². The molecular formula is C25H25ClFN3O6S. The number of amidine groups is 1. The van der Waals surface area contributed by atoms with Gasteiger partial charge in [0.2, 0.25) is 5.91 Å². The fourth-order valence-electron chi connectivity index (χ4n) is 3.28. The first-order chi connectivity index (χ1) is 16.9. The van der Waals surface area contributed by atoms with Crippen LogP contribution in [0.1, 0.15) is 45.6 Å². The number of phenolic OH excluding ortho intramolecular Hbond substituents is 1. The summed E-state index contributed by atoms with van der Waals surface area (Å²) in [6.07, 6.45) is 0.195. The van der Waals surface area contributed by atoms with Crippen LogP contribution in [-0.4, -0.2) is 33.9 Å². The monoisotopic (exact) mass is 549 g/mol. The highest BCUT2D eigenvalue weighted by molar-refractivity contribution is 7.14. The van der Waals surface area contributed by atoms with Crippen molar-refractivity contribution < 1.29 is 33.7 Å². The number of carboxylic acid groups (broad SMARTS) is 1. The summed E-state index contributed by atoms with van der Waals surface area (Å²) in [5.74, 6) is -4.07. The van der Waals surface area contributed by atoms with Crippen LogP contribution in [0.5, 0.6) is 11.5 Å². The Morgan fingerprint density at radius 1 is 1.14 bits per heavy atom. The summed E-state index contributed by atoms with van der Waals surface area (Å²) in [7, 11) is 0. The molecule has 0 saturated heterocycles. The molecule has 37 heavy (non-hydrogen) atoms. The fourth-order valence-corrected chi connectivity index (χ4v) is 4.39. The highest BCUT2D eigenvalue weighted by Gasteiger charge is 2.33. The number of thiophene rings is 1. The van der Waals surface area contributed by atoms with E-state index in [1.54, 1.807) is 19.9 Å². The van der Waals surface area contributed by atoms with Crippen LogP contribution in [0.4, 0.5) is 4.39 Å². The largest absolute Gasteiger partial charge is 0.508 e. The number of hydrogen-bond donors (Lipinski definition) is 5. The normalized spacial score (nSPS) is 11.6. The Hall–Kier alpha value is -3.96. The SMILES string of the molecule is CC(C)(Cc1ccc(C(=O)Oc2ccc(C(=N)N)cc2F)s1)C(=O)N[C@H](C(=O)O)c1ccc(O)cc1.Cl. The van der Waals surface area contributed by atoms with E-state index >= 15 is 0 Å². The van der Waals surface area contributed by atoms with Crippen molar-refractivity contribution in [3.63, 3.8) is 0 Å². The second kappa shape index (κ2) is 11.8. The van der Waals surface area contributed by atoms with Gasteiger partial charge in [0.1, 0.15) is 16.5 Å². The van der Waals surface area contributed by atoms with Gasteiger partial charge in [-0.05, 0) is 54.4 Å². The molecule has 0 bridgehead atoms. The molecule has 2 aromatic carbocycles. The third-order valence-corrected chi connectivity index (χ3v) is 6.35. The van der Waals surface area contributed by atoms with Crippen molar-refractivity contribution in [1.82, 2.24) is 5.32 Å². The summed E-state index contributed by atoms with van der Waals surface area (Å²) in [5.41, 5.74) is 4.74. The topological polar surface area (TPSA) is 163 Å². The lowest BCUT2D eigenvalue weighted by Gasteiger charge is -2.25. The van der Waals surface area contributed by atoms with E-state index in [0.717, 1.165) is 17.4 Å². The number of nitrogens with one attached hydrogen (secondary N) is 2. The summed E-state index contributed by atoms with van der Waals surface area (Å²) >= 11 is 1.07. The van der Waals surface area contributed by atoms with Crippen LogP contribution in [0.25, 0.3) is 0 Å². The number of phenols is 1. The quantitative estimate of drug-likeness (QED) is 0.116. The number of aliphatic carboxylic acids is 1. The maximum absolute atomic E-state index is 14.2. The Morgan fingerprint density at radius 3 is 2.35 bits per heavy atom. The zero-order chi connectivity index (χ0) is 26.6. The van der Waals surface area contributed by atoms with Gasteiger partial charge in [-0.25, -0.2) is 14.0 Å². The van der Waals surface area contributed by atoms with Crippen LogP contribution in [0, 0.1) is 16.6 Å². The Bertz CT molecular complexity index is 1330. The predicted octanol–water partition coefficient (Wildman–Crippen LogP) is 4.03. The third kappa shape index (κ3) is 7.28. The molecule has 9 nitrogen and oxygen atoms in total. The molecule has 3 aromatic rings. The summed E-state index contributed by atoms with van der Waals surface area (Å²) in [4.78, 5) is 38.0. The molecule has 0 aliphatic rings. The maximum atomic E-state index is 14.2. The minimum Gasteiger partial charge on any atom is -0.508 e. The Morgan fingerprint density at radius 2 is 1.78 bits per heavy atom. The van der Waals surface area contributed by atoms with Crippen LogP contribution in [0.2, 0.25) is 0 Å². The average Bonchev–Trinajstić information content (AvgIpc) is 3.27. The average molecular weight is 550 g/mol. The van der Waals surface area contributed by atoms with Gasteiger partial charge in [0.25, 0.3) is 0 Å². The Kier molecular flexibility index (Phi) is 9.37. The zero-order valence-electron chi connectivity index (χ0n) is 19.8. The first-order valence-corrected chi connectivity index (χ1v) is 11.5. The number of halogens is 2. The predicted molar refractivity (Wildman–Crippen MR) is 138 cm³/mol. The second-order valence-corrected chi connectivity index (χ2v) is 9.78. The lowest BCUT2D eigenvalue weighted by molar-refractivity contribution is -0.143. The maximum Gasteiger partial charge on any atom is 0.353 e. The number of nitrogens with two attached hydrogens (primary N) is 1. The number of rotatable bonds is 9. The van der Waals surface area contributed by atoms with E-state index in [4.69, 9.17) is 15.9 Å². The molecule has 1 amide bonds. The smallest absolute Gasteiger partial charge is 0.353 e. The van der Waals surface area contributed by atoms with Crippen LogP contribution in [0.3, 0.4) is 0 Å².